The van der Waals surface area contributed by atoms with E-state index in [1.54, 1.807) is 11.3 Å². The van der Waals surface area contributed by atoms with E-state index in [4.69, 9.17) is 16.7 Å². The summed E-state index contributed by atoms with van der Waals surface area (Å²) in [6.07, 6.45) is 1.81. The van der Waals surface area contributed by atoms with Crippen molar-refractivity contribution in [3.63, 3.8) is 0 Å². The molecule has 0 aliphatic carbocycles. The first-order valence-electron chi connectivity index (χ1n) is 9.11. The second kappa shape index (κ2) is 9.26. The predicted molar refractivity (Wildman–Crippen MR) is 118 cm³/mol. The molecule has 0 N–H and O–H groups in total. The quantitative estimate of drug-likeness (QED) is 0.256. The Morgan fingerprint density at radius 2 is 1.93 bits per heavy atom. The predicted octanol–water partition coefficient (Wildman–Crippen LogP) is 6.55. The van der Waals surface area contributed by atoms with Crippen molar-refractivity contribution in [2.45, 2.75) is 29.6 Å². The van der Waals surface area contributed by atoms with Crippen LogP contribution in [0.3, 0.4) is 0 Å². The Kier molecular flexibility index (Phi) is 7.00. The Morgan fingerprint density at radius 1 is 1.15 bits per heavy atom. The van der Waals surface area contributed by atoms with Crippen LogP contribution in [0.5, 0.6) is 11.5 Å². The number of ether oxygens (including phenoxy) is 1. The number of hydrogen-bond donors (Lipinski definition) is 0. The molecule has 0 fully saturated rings. The Bertz CT molecular complexity index is 941. The Hall–Kier alpha value is -1.31. The van der Waals surface area contributed by atoms with Gasteiger partial charge >= 0.3 is 166 Å². The summed E-state index contributed by atoms with van der Waals surface area (Å²) in [6.45, 7) is 6.85. The molecule has 0 aliphatic heterocycles. The fraction of sp³-hybridized carbons (Fsp3) is 0.300. The van der Waals surface area contributed by atoms with Gasteiger partial charge in [0.05, 0.1) is 0 Å². The van der Waals surface area contributed by atoms with Crippen LogP contribution < -0.4 is 7.81 Å². The Balaban J connectivity index is 1.85. The van der Waals surface area contributed by atoms with Crippen molar-refractivity contribution in [3.8, 4) is 11.5 Å². The van der Waals surface area contributed by atoms with Crippen molar-refractivity contribution in [3.05, 3.63) is 48.0 Å². The minimum absolute atomic E-state index is 0.648. The fourth-order valence-electron chi connectivity index (χ4n) is 2.60. The normalized spacial score (nSPS) is 12.0. The van der Waals surface area contributed by atoms with Crippen LogP contribution in [0.4, 0.5) is 5.13 Å². The molecule has 0 radical (unpaired) electrons. The summed E-state index contributed by atoms with van der Waals surface area (Å²) in [5, 5.41) is 0.708. The van der Waals surface area contributed by atoms with Crippen LogP contribution >= 0.6 is 20.3 Å². The summed E-state index contributed by atoms with van der Waals surface area (Å²) < 4.78 is 14.7. The molecule has 142 valence electrons. The fourth-order valence-corrected chi connectivity index (χ4v) is 7.90. The maximum absolute atomic E-state index is 6.75. The van der Waals surface area contributed by atoms with Crippen LogP contribution in [-0.4, -0.2) is 35.5 Å². The van der Waals surface area contributed by atoms with Crippen LogP contribution in [0.25, 0.3) is 10.2 Å². The van der Waals surface area contributed by atoms with Crippen molar-refractivity contribution in [1.29, 1.82) is 0 Å². The third kappa shape index (κ3) is 5.15. The van der Waals surface area contributed by atoms with E-state index >= 15 is 0 Å². The first-order chi connectivity index (χ1) is 13.1. The molecule has 3 aromatic rings. The summed E-state index contributed by atoms with van der Waals surface area (Å²) in [5.74, 6) is 1.67. The van der Waals surface area contributed by atoms with Gasteiger partial charge in [0.1, 0.15) is 0 Å². The molecule has 0 atom stereocenters. The monoisotopic (exact) mass is 510 g/mol. The zero-order valence-corrected chi connectivity index (χ0v) is 20.2. The zero-order valence-electron chi connectivity index (χ0n) is 15.7. The molecule has 1 aromatic heterocycles. The molecule has 0 saturated heterocycles. The maximum atomic E-state index is 6.75. The van der Waals surface area contributed by atoms with Crippen molar-refractivity contribution in [2.24, 2.45) is 4.99 Å². The molecule has 0 spiro atoms. The standard InChI is InChI=1S/C16H14N2O2S.2C2H5.ClH.Sn/c1-2-20-12-7-8-13-15(9-12)21-16(18-13)17-10-11-5-3-4-6-14(11)19;2*1-2;;/h3-10,19H,2H2,1H3;2*1H2,2H3;1H;/q;;;;+2/p-2. The third-order valence-electron chi connectivity index (χ3n) is 4.24. The van der Waals surface area contributed by atoms with Gasteiger partial charge in [-0.3, -0.25) is 0 Å². The van der Waals surface area contributed by atoms with Crippen molar-refractivity contribution < 1.29 is 7.81 Å². The molecule has 0 unspecified atom stereocenters. The number of nitrogens with zero attached hydrogens (tertiary/aromatic N) is 2. The van der Waals surface area contributed by atoms with Gasteiger partial charge in [0.15, 0.2) is 0 Å². The van der Waals surface area contributed by atoms with Gasteiger partial charge in [-0.15, -0.1) is 0 Å². The van der Waals surface area contributed by atoms with E-state index in [-0.39, 0.29) is 0 Å². The van der Waals surface area contributed by atoms with Crippen LogP contribution in [0.1, 0.15) is 26.3 Å². The van der Waals surface area contributed by atoms with E-state index in [1.165, 1.54) is 0 Å². The molecule has 3 rings (SSSR count). The van der Waals surface area contributed by atoms with E-state index in [0.29, 0.717) is 11.7 Å². The van der Waals surface area contributed by atoms with E-state index in [9.17, 15) is 0 Å². The SMILES string of the molecule is CCOc1ccc2nc(N=Cc3ccccc3[O][Sn]([Cl])([CH2]C)[CH2]C)sc2c1. The van der Waals surface area contributed by atoms with Crippen LogP contribution in [0, 0.1) is 0 Å². The number of aliphatic imine (C=N–C) groups is 1. The average Bonchev–Trinajstić information content (AvgIpc) is 3.09. The number of aromatic nitrogens is 1. The summed E-state index contributed by atoms with van der Waals surface area (Å²) in [7, 11) is 6.75. The van der Waals surface area contributed by atoms with Gasteiger partial charge in [0, 0.05) is 0 Å². The van der Waals surface area contributed by atoms with E-state index in [0.717, 1.165) is 36.2 Å². The molecule has 4 nitrogen and oxygen atoms in total. The number of fused-ring (bicyclic) bond motifs is 1. The van der Waals surface area contributed by atoms with E-state index in [2.05, 4.69) is 23.8 Å². The van der Waals surface area contributed by atoms with Crippen LogP contribution in [-0.2, 0) is 0 Å². The third-order valence-corrected chi connectivity index (χ3v) is 17.0. The molecule has 7 heteroatoms. The molecule has 2 aromatic carbocycles. The Labute approximate surface area is 172 Å². The molecule has 0 amide bonds. The van der Waals surface area contributed by atoms with Crippen LogP contribution in [0.2, 0.25) is 8.87 Å². The van der Waals surface area contributed by atoms with Gasteiger partial charge in [-0.25, -0.2) is 0 Å². The van der Waals surface area contributed by atoms with Crippen molar-refractivity contribution in [2.75, 3.05) is 6.61 Å². The number of halogens is 1. The molecule has 27 heavy (non-hydrogen) atoms. The van der Waals surface area contributed by atoms with Gasteiger partial charge in [-0.2, -0.15) is 0 Å². The first kappa shape index (κ1) is 20.4. The van der Waals surface area contributed by atoms with Gasteiger partial charge in [0.25, 0.3) is 0 Å². The van der Waals surface area contributed by atoms with Gasteiger partial charge in [-0.1, -0.05) is 0 Å². The summed E-state index contributed by atoms with van der Waals surface area (Å²) >= 11 is -1.48. The average molecular weight is 510 g/mol. The van der Waals surface area contributed by atoms with Crippen molar-refractivity contribution in [1.82, 2.24) is 4.98 Å². The number of benzene rings is 2. The second-order valence-electron chi connectivity index (χ2n) is 6.05. The molecule has 0 saturated carbocycles. The van der Waals surface area contributed by atoms with Gasteiger partial charge in [-0.05, 0) is 6.92 Å². The second-order valence-corrected chi connectivity index (χ2v) is 21.3. The number of rotatable bonds is 8. The van der Waals surface area contributed by atoms with Crippen molar-refractivity contribution >= 4 is 59.5 Å². The number of hydrogen-bond acceptors (Lipinski definition) is 5. The molecule has 0 aliphatic rings. The Morgan fingerprint density at radius 3 is 2.67 bits per heavy atom. The molecular weight excluding hydrogens is 486 g/mol. The summed E-state index contributed by atoms with van der Waals surface area (Å²) in [4.78, 5) is 9.15. The molecule has 0 bridgehead atoms. The van der Waals surface area contributed by atoms with Gasteiger partial charge < -0.3 is 0 Å². The zero-order chi connectivity index (χ0) is 19.3. The summed E-state index contributed by atoms with van der Waals surface area (Å²) in [5.41, 5.74) is 1.85. The number of thiazole rings is 1. The number of para-hydroxylation sites is 1. The topological polar surface area (TPSA) is 43.7 Å². The van der Waals surface area contributed by atoms with E-state index < -0.39 is 17.7 Å². The van der Waals surface area contributed by atoms with Crippen LogP contribution in [0.15, 0.2) is 47.5 Å². The van der Waals surface area contributed by atoms with E-state index in [1.807, 2.05) is 55.6 Å². The minimum atomic E-state index is -3.02. The van der Waals surface area contributed by atoms with Gasteiger partial charge in [0.2, 0.25) is 0 Å². The molecular formula is C20H23ClN2O2SSn. The summed E-state index contributed by atoms with van der Waals surface area (Å²) in [6, 6.07) is 13.8. The first-order valence-corrected chi connectivity index (χ1v) is 18.7. The molecule has 1 heterocycles.